The van der Waals surface area contributed by atoms with Gasteiger partial charge in [-0.3, -0.25) is 0 Å². The molecule has 1 aromatic carbocycles. The van der Waals surface area contributed by atoms with Gasteiger partial charge in [0.2, 0.25) is 5.76 Å². The van der Waals surface area contributed by atoms with Gasteiger partial charge >= 0.3 is 5.97 Å². The van der Waals surface area contributed by atoms with Gasteiger partial charge in [-0.05, 0) is 15.9 Å². The first-order chi connectivity index (χ1) is 10.1. The number of nitrogens with zero attached hydrogens (tertiary/aromatic N) is 1. The molecule has 21 heavy (non-hydrogen) atoms. The van der Waals surface area contributed by atoms with E-state index in [1.54, 1.807) is 0 Å². The summed E-state index contributed by atoms with van der Waals surface area (Å²) in [6, 6.07) is 2.61. The van der Waals surface area contributed by atoms with Crippen LogP contribution in [-0.2, 0) is 0 Å². The van der Waals surface area contributed by atoms with Crippen LogP contribution in [0.2, 0.25) is 0 Å². The molecule has 0 saturated heterocycles. The third-order valence-electron chi connectivity index (χ3n) is 2.91. The van der Waals surface area contributed by atoms with Gasteiger partial charge in [0.15, 0.2) is 17.3 Å². The molecule has 1 aliphatic heterocycles. The van der Waals surface area contributed by atoms with Crippen molar-refractivity contribution >= 4 is 21.9 Å². The van der Waals surface area contributed by atoms with Gasteiger partial charge in [0.25, 0.3) is 0 Å². The summed E-state index contributed by atoms with van der Waals surface area (Å²) in [5.41, 5.74) is 0.0467. The Bertz CT molecular complexity index is 715. The van der Waals surface area contributed by atoms with Crippen LogP contribution in [-0.4, -0.2) is 29.4 Å². The fourth-order valence-electron chi connectivity index (χ4n) is 1.97. The van der Waals surface area contributed by atoms with E-state index in [9.17, 15) is 9.18 Å². The van der Waals surface area contributed by atoms with Crippen LogP contribution < -0.4 is 9.47 Å². The zero-order valence-corrected chi connectivity index (χ0v) is 12.1. The highest BCUT2D eigenvalue weighted by atomic mass is 79.9. The van der Waals surface area contributed by atoms with Gasteiger partial charge in [-0.25, -0.2) is 9.18 Å². The van der Waals surface area contributed by atoms with E-state index in [0.29, 0.717) is 25.4 Å². The van der Waals surface area contributed by atoms with Gasteiger partial charge in [0.05, 0.1) is 23.2 Å². The zero-order chi connectivity index (χ0) is 15.0. The van der Waals surface area contributed by atoms with E-state index in [2.05, 4.69) is 25.6 Å². The van der Waals surface area contributed by atoms with Gasteiger partial charge in [-0.15, -0.1) is 0 Å². The molecule has 8 heteroatoms. The Balaban J connectivity index is 2.19. The number of aromatic carboxylic acids is 1. The molecule has 6 nitrogen and oxygen atoms in total. The van der Waals surface area contributed by atoms with Crippen LogP contribution in [0.25, 0.3) is 11.3 Å². The minimum atomic E-state index is -1.28. The number of benzene rings is 1. The second-order valence-corrected chi connectivity index (χ2v) is 5.16. The molecule has 1 aliphatic rings. The molecule has 1 N–H and O–H groups in total. The molecular formula is C13H9BrFNO5. The maximum Gasteiger partial charge on any atom is 0.374 e. The SMILES string of the molecule is O=C(O)c1cc(-c2c(F)c(Br)cc3c2OCCCO3)no1. The maximum atomic E-state index is 14.4. The minimum absolute atomic E-state index is 0.0116. The quantitative estimate of drug-likeness (QED) is 0.889. The molecule has 0 spiro atoms. The van der Waals surface area contributed by atoms with E-state index in [1.807, 2.05) is 0 Å². The van der Waals surface area contributed by atoms with Gasteiger partial charge < -0.3 is 19.1 Å². The summed E-state index contributed by atoms with van der Waals surface area (Å²) in [6.07, 6.45) is 0.659. The van der Waals surface area contributed by atoms with Crippen LogP contribution in [0.1, 0.15) is 17.0 Å². The Morgan fingerprint density at radius 3 is 2.81 bits per heavy atom. The summed E-state index contributed by atoms with van der Waals surface area (Å²) in [4.78, 5) is 10.8. The third-order valence-corrected chi connectivity index (χ3v) is 3.48. The lowest BCUT2D eigenvalue weighted by molar-refractivity contribution is 0.0652. The number of hydrogen-bond acceptors (Lipinski definition) is 5. The first-order valence-corrected chi connectivity index (χ1v) is 6.85. The molecule has 2 heterocycles. The number of ether oxygens (including phenoxy) is 2. The molecular weight excluding hydrogens is 349 g/mol. The Kier molecular flexibility index (Phi) is 3.54. The maximum absolute atomic E-state index is 14.4. The molecule has 0 atom stereocenters. The highest BCUT2D eigenvalue weighted by Gasteiger charge is 2.26. The van der Waals surface area contributed by atoms with Crippen molar-refractivity contribution in [2.75, 3.05) is 13.2 Å². The molecule has 0 bridgehead atoms. The van der Waals surface area contributed by atoms with Crippen molar-refractivity contribution in [1.82, 2.24) is 5.16 Å². The Hall–Kier alpha value is -2.09. The van der Waals surface area contributed by atoms with Crippen LogP contribution in [0.4, 0.5) is 4.39 Å². The monoisotopic (exact) mass is 357 g/mol. The normalized spacial score (nSPS) is 13.8. The van der Waals surface area contributed by atoms with Crippen molar-refractivity contribution in [2.24, 2.45) is 0 Å². The molecule has 0 aliphatic carbocycles. The molecule has 110 valence electrons. The minimum Gasteiger partial charge on any atom is -0.489 e. The summed E-state index contributed by atoms with van der Waals surface area (Å²) < 4.78 is 30.3. The lowest BCUT2D eigenvalue weighted by atomic mass is 10.1. The predicted molar refractivity (Wildman–Crippen MR) is 72.2 cm³/mol. The second kappa shape index (κ2) is 5.36. The van der Waals surface area contributed by atoms with E-state index >= 15 is 0 Å². The highest BCUT2D eigenvalue weighted by molar-refractivity contribution is 9.10. The van der Waals surface area contributed by atoms with Gasteiger partial charge in [-0.1, -0.05) is 5.16 Å². The van der Waals surface area contributed by atoms with Crippen LogP contribution >= 0.6 is 15.9 Å². The first kappa shape index (κ1) is 13.9. The molecule has 0 unspecified atom stereocenters. The number of hydrogen-bond donors (Lipinski definition) is 1. The lowest BCUT2D eigenvalue weighted by Gasteiger charge is -2.12. The number of fused-ring (bicyclic) bond motifs is 1. The van der Waals surface area contributed by atoms with E-state index in [-0.39, 0.29) is 27.2 Å². The number of carbonyl (C=O) groups is 1. The molecule has 0 fully saturated rings. The van der Waals surface area contributed by atoms with Crippen molar-refractivity contribution in [2.45, 2.75) is 6.42 Å². The number of carboxylic acids is 1. The molecule has 0 radical (unpaired) electrons. The van der Waals surface area contributed by atoms with Crippen LogP contribution in [0.15, 0.2) is 21.1 Å². The van der Waals surface area contributed by atoms with E-state index in [1.165, 1.54) is 6.07 Å². The smallest absolute Gasteiger partial charge is 0.374 e. The summed E-state index contributed by atoms with van der Waals surface area (Å²) in [5.74, 6) is -1.72. The first-order valence-electron chi connectivity index (χ1n) is 6.06. The van der Waals surface area contributed by atoms with Crippen LogP contribution in [0.5, 0.6) is 11.5 Å². The Morgan fingerprint density at radius 1 is 1.33 bits per heavy atom. The summed E-state index contributed by atoms with van der Waals surface area (Å²) in [7, 11) is 0. The van der Waals surface area contributed by atoms with Crippen molar-refractivity contribution in [3.05, 3.63) is 28.2 Å². The number of rotatable bonds is 2. The molecule has 0 amide bonds. The average Bonchev–Trinajstić information content (AvgIpc) is 2.82. The average molecular weight is 358 g/mol. The van der Waals surface area contributed by atoms with E-state index in [4.69, 9.17) is 14.6 Å². The number of halogens is 2. The highest BCUT2D eigenvalue weighted by Crippen LogP contribution is 2.44. The number of aromatic nitrogens is 1. The Labute approximate surface area is 126 Å². The topological polar surface area (TPSA) is 81.8 Å². The number of carboxylic acid groups (broad SMARTS) is 1. The van der Waals surface area contributed by atoms with Gasteiger partial charge in [-0.2, -0.15) is 0 Å². The Morgan fingerprint density at radius 2 is 2.10 bits per heavy atom. The molecule has 2 aromatic rings. The predicted octanol–water partition coefficient (Wildman–Crippen LogP) is 3.10. The standard InChI is InChI=1S/C13H9BrFNO5/c14-6-4-8-12(20-3-1-2-19-8)10(11(6)15)7-5-9(13(17)18)21-16-7/h4-5H,1-3H2,(H,17,18). The lowest BCUT2D eigenvalue weighted by Crippen LogP contribution is -1.99. The van der Waals surface area contributed by atoms with E-state index < -0.39 is 11.8 Å². The summed E-state index contributed by atoms with van der Waals surface area (Å²) in [6.45, 7) is 0.814. The second-order valence-electron chi connectivity index (χ2n) is 4.31. The molecule has 3 rings (SSSR count). The molecule has 0 saturated carbocycles. The summed E-state index contributed by atoms with van der Waals surface area (Å²) in [5, 5.41) is 12.5. The third kappa shape index (κ3) is 2.46. The summed E-state index contributed by atoms with van der Waals surface area (Å²) >= 11 is 3.10. The van der Waals surface area contributed by atoms with Gasteiger partial charge in [0.1, 0.15) is 5.69 Å². The van der Waals surface area contributed by atoms with Crippen molar-refractivity contribution in [3.8, 4) is 22.8 Å². The largest absolute Gasteiger partial charge is 0.489 e. The van der Waals surface area contributed by atoms with Crippen molar-refractivity contribution < 1.29 is 28.3 Å². The van der Waals surface area contributed by atoms with Crippen LogP contribution in [0, 0.1) is 5.82 Å². The van der Waals surface area contributed by atoms with Crippen molar-refractivity contribution in [3.63, 3.8) is 0 Å². The molecule has 1 aromatic heterocycles. The fraction of sp³-hybridized carbons (Fsp3) is 0.231. The van der Waals surface area contributed by atoms with Crippen LogP contribution in [0.3, 0.4) is 0 Å². The van der Waals surface area contributed by atoms with Crippen molar-refractivity contribution in [1.29, 1.82) is 0 Å². The zero-order valence-electron chi connectivity index (χ0n) is 10.6. The van der Waals surface area contributed by atoms with Gasteiger partial charge in [0, 0.05) is 18.6 Å². The fourth-order valence-corrected chi connectivity index (χ4v) is 2.38. The van der Waals surface area contributed by atoms with E-state index in [0.717, 1.165) is 6.07 Å².